The van der Waals surface area contributed by atoms with Crippen LogP contribution in [0.1, 0.15) is 51.4 Å². The van der Waals surface area contributed by atoms with Crippen LogP contribution in [0.25, 0.3) is 0 Å². The van der Waals surface area contributed by atoms with E-state index in [1.54, 1.807) is 0 Å². The van der Waals surface area contributed by atoms with Crippen molar-refractivity contribution in [1.82, 2.24) is 0 Å². The second-order valence-electron chi connectivity index (χ2n) is 4.63. The summed E-state index contributed by atoms with van der Waals surface area (Å²) in [6.07, 6.45) is 10.1. The Hall–Kier alpha value is -0.690. The van der Waals surface area contributed by atoms with Crippen LogP contribution >= 0.6 is 11.6 Å². The third kappa shape index (κ3) is 7.60. The first-order valence-corrected chi connectivity index (χ1v) is 7.38. The van der Waals surface area contributed by atoms with Crippen LogP contribution in [0.4, 0.5) is 0 Å². The van der Waals surface area contributed by atoms with E-state index in [4.69, 9.17) is 16.3 Å². The van der Waals surface area contributed by atoms with Crippen molar-refractivity contribution in [2.75, 3.05) is 6.61 Å². The zero-order valence-corrected chi connectivity index (χ0v) is 11.9. The zero-order valence-electron chi connectivity index (χ0n) is 11.2. The Morgan fingerprint density at radius 3 is 2.00 bits per heavy atom. The molecule has 2 heteroatoms. The van der Waals surface area contributed by atoms with E-state index in [0.29, 0.717) is 0 Å². The predicted octanol–water partition coefficient (Wildman–Crippen LogP) is 5.67. The van der Waals surface area contributed by atoms with Crippen LogP contribution in [0, 0.1) is 6.92 Å². The minimum atomic E-state index is 0.754. The SMILES string of the molecule is [CH2]CCCCCCCCCOc1ccc(Cl)cc1. The third-order valence-electron chi connectivity index (χ3n) is 2.98. The van der Waals surface area contributed by atoms with E-state index in [1.807, 2.05) is 24.3 Å². The standard InChI is InChI=1S/C16H24ClO/c1-2-3-4-5-6-7-8-9-14-18-16-12-10-15(17)11-13-16/h10-13H,1-9,14H2. The summed E-state index contributed by atoms with van der Waals surface area (Å²) in [4.78, 5) is 0. The molecule has 18 heavy (non-hydrogen) atoms. The number of rotatable bonds is 10. The molecule has 0 spiro atoms. The van der Waals surface area contributed by atoms with Gasteiger partial charge in [-0.05, 0) is 30.7 Å². The highest BCUT2D eigenvalue weighted by Crippen LogP contribution is 2.16. The third-order valence-corrected chi connectivity index (χ3v) is 3.23. The fourth-order valence-electron chi connectivity index (χ4n) is 1.88. The van der Waals surface area contributed by atoms with Crippen LogP contribution in [-0.4, -0.2) is 6.61 Å². The number of halogens is 1. The van der Waals surface area contributed by atoms with Crippen molar-refractivity contribution < 1.29 is 4.74 Å². The molecule has 0 saturated carbocycles. The molecular formula is C16H24ClO. The van der Waals surface area contributed by atoms with Gasteiger partial charge in [0.2, 0.25) is 0 Å². The maximum atomic E-state index is 5.81. The van der Waals surface area contributed by atoms with Crippen molar-refractivity contribution in [3.63, 3.8) is 0 Å². The van der Waals surface area contributed by atoms with Gasteiger partial charge in [0.15, 0.2) is 0 Å². The summed E-state index contributed by atoms with van der Waals surface area (Å²) in [6, 6.07) is 7.56. The van der Waals surface area contributed by atoms with Gasteiger partial charge in [-0.2, -0.15) is 0 Å². The predicted molar refractivity (Wildman–Crippen MR) is 79.2 cm³/mol. The van der Waals surface area contributed by atoms with Crippen LogP contribution in [0.5, 0.6) is 5.75 Å². The molecule has 0 aliphatic rings. The molecule has 0 N–H and O–H groups in total. The van der Waals surface area contributed by atoms with E-state index in [2.05, 4.69) is 6.92 Å². The minimum absolute atomic E-state index is 0.754. The van der Waals surface area contributed by atoms with Crippen molar-refractivity contribution in [3.05, 3.63) is 36.2 Å². The van der Waals surface area contributed by atoms with Gasteiger partial charge in [0.05, 0.1) is 6.61 Å². The first-order chi connectivity index (χ1) is 8.83. The molecule has 101 valence electrons. The van der Waals surface area contributed by atoms with Crippen molar-refractivity contribution in [2.45, 2.75) is 51.4 Å². The Morgan fingerprint density at radius 1 is 0.833 bits per heavy atom. The highest BCUT2D eigenvalue weighted by Gasteiger charge is 1.95. The lowest BCUT2D eigenvalue weighted by Crippen LogP contribution is -1.96. The maximum absolute atomic E-state index is 5.81. The molecule has 1 nitrogen and oxygen atoms in total. The topological polar surface area (TPSA) is 9.23 Å². The van der Waals surface area contributed by atoms with Gasteiger partial charge in [-0.1, -0.05) is 63.5 Å². The van der Waals surface area contributed by atoms with E-state index in [-0.39, 0.29) is 0 Å². The minimum Gasteiger partial charge on any atom is -0.494 e. The maximum Gasteiger partial charge on any atom is 0.119 e. The first-order valence-electron chi connectivity index (χ1n) is 7.00. The smallest absolute Gasteiger partial charge is 0.119 e. The Labute approximate surface area is 116 Å². The van der Waals surface area contributed by atoms with Crippen molar-refractivity contribution >= 4 is 11.6 Å². The first kappa shape index (κ1) is 15.4. The van der Waals surface area contributed by atoms with Crippen molar-refractivity contribution in [2.24, 2.45) is 0 Å². The Bertz CT molecular complexity index is 294. The van der Waals surface area contributed by atoms with Gasteiger partial charge in [0, 0.05) is 5.02 Å². The second kappa shape index (κ2) is 10.3. The lowest BCUT2D eigenvalue weighted by Gasteiger charge is -2.06. The van der Waals surface area contributed by atoms with Crippen molar-refractivity contribution in [1.29, 1.82) is 0 Å². The number of ether oxygens (including phenoxy) is 1. The second-order valence-corrected chi connectivity index (χ2v) is 5.07. The fraction of sp³-hybridized carbons (Fsp3) is 0.562. The molecule has 0 aliphatic carbocycles. The van der Waals surface area contributed by atoms with Crippen LogP contribution in [0.3, 0.4) is 0 Å². The molecule has 0 unspecified atom stereocenters. The van der Waals surface area contributed by atoms with Crippen LogP contribution in [0.15, 0.2) is 24.3 Å². The summed E-state index contributed by atoms with van der Waals surface area (Å²) >= 11 is 5.81. The van der Waals surface area contributed by atoms with Gasteiger partial charge >= 0.3 is 0 Å². The average molecular weight is 268 g/mol. The highest BCUT2D eigenvalue weighted by molar-refractivity contribution is 6.30. The number of hydrogen-bond donors (Lipinski definition) is 0. The molecular weight excluding hydrogens is 244 g/mol. The van der Waals surface area contributed by atoms with Gasteiger partial charge in [-0.3, -0.25) is 0 Å². The normalized spacial score (nSPS) is 10.6. The highest BCUT2D eigenvalue weighted by atomic mass is 35.5. The van der Waals surface area contributed by atoms with Crippen LogP contribution in [0.2, 0.25) is 5.02 Å². The summed E-state index contributed by atoms with van der Waals surface area (Å²) in [5.41, 5.74) is 0. The summed E-state index contributed by atoms with van der Waals surface area (Å²) in [6.45, 7) is 4.66. The Morgan fingerprint density at radius 2 is 1.39 bits per heavy atom. The van der Waals surface area contributed by atoms with E-state index >= 15 is 0 Å². The van der Waals surface area contributed by atoms with Gasteiger partial charge in [-0.25, -0.2) is 0 Å². The van der Waals surface area contributed by atoms with Crippen LogP contribution in [-0.2, 0) is 0 Å². The molecule has 0 aromatic heterocycles. The molecule has 0 heterocycles. The van der Waals surface area contributed by atoms with Gasteiger partial charge in [-0.15, -0.1) is 0 Å². The average Bonchev–Trinajstić information content (AvgIpc) is 2.39. The van der Waals surface area contributed by atoms with E-state index < -0.39 is 0 Å². The largest absolute Gasteiger partial charge is 0.494 e. The molecule has 1 aromatic rings. The van der Waals surface area contributed by atoms with Gasteiger partial charge < -0.3 is 4.74 Å². The summed E-state index contributed by atoms with van der Waals surface area (Å²) in [5, 5.41) is 0.754. The molecule has 0 atom stereocenters. The van der Waals surface area contributed by atoms with E-state index in [0.717, 1.165) is 30.2 Å². The molecule has 1 aromatic carbocycles. The Kier molecular flexibility index (Phi) is 8.75. The summed E-state index contributed by atoms with van der Waals surface area (Å²) in [7, 11) is 0. The molecule has 1 rings (SSSR count). The number of benzene rings is 1. The molecule has 0 bridgehead atoms. The van der Waals surface area contributed by atoms with E-state index in [9.17, 15) is 0 Å². The quantitative estimate of drug-likeness (QED) is 0.496. The fourth-order valence-corrected chi connectivity index (χ4v) is 2.01. The molecule has 0 fully saturated rings. The lowest BCUT2D eigenvalue weighted by molar-refractivity contribution is 0.304. The van der Waals surface area contributed by atoms with Gasteiger partial charge in [0.1, 0.15) is 5.75 Å². The van der Waals surface area contributed by atoms with Gasteiger partial charge in [0.25, 0.3) is 0 Å². The summed E-state index contributed by atoms with van der Waals surface area (Å²) in [5.74, 6) is 0.912. The Balaban J connectivity index is 1.91. The van der Waals surface area contributed by atoms with Crippen LogP contribution < -0.4 is 4.74 Å². The molecule has 0 amide bonds. The van der Waals surface area contributed by atoms with Crippen molar-refractivity contribution in [3.8, 4) is 5.75 Å². The number of unbranched alkanes of at least 4 members (excludes halogenated alkanes) is 7. The number of hydrogen-bond acceptors (Lipinski definition) is 1. The van der Waals surface area contributed by atoms with E-state index in [1.165, 1.54) is 38.5 Å². The molecule has 0 saturated heterocycles. The molecule has 1 radical (unpaired) electrons. The lowest BCUT2D eigenvalue weighted by atomic mass is 10.1. The summed E-state index contributed by atoms with van der Waals surface area (Å²) < 4.78 is 5.64. The monoisotopic (exact) mass is 267 g/mol. The zero-order chi connectivity index (χ0) is 13.1. The molecule has 0 aliphatic heterocycles.